The fourth-order valence-electron chi connectivity index (χ4n) is 3.48. The molecule has 0 aliphatic carbocycles. The predicted molar refractivity (Wildman–Crippen MR) is 133 cm³/mol. The molecule has 0 aromatic heterocycles. The van der Waals surface area contributed by atoms with Gasteiger partial charge in [0.1, 0.15) is 6.54 Å². The molecule has 0 fully saturated rings. The van der Waals surface area contributed by atoms with Crippen LogP contribution in [0.5, 0.6) is 0 Å². The third-order valence-corrected chi connectivity index (χ3v) is 6.89. The molecule has 3 rings (SSSR count). The van der Waals surface area contributed by atoms with Crippen LogP contribution in [0.2, 0.25) is 0 Å². The Balaban J connectivity index is 1.77. The van der Waals surface area contributed by atoms with Crippen molar-refractivity contribution in [3.63, 3.8) is 0 Å². The maximum Gasteiger partial charge on any atom is 0.264 e. The molecule has 0 aliphatic rings. The molecule has 3 aromatic rings. The highest BCUT2D eigenvalue weighted by Crippen LogP contribution is 2.25. The summed E-state index contributed by atoms with van der Waals surface area (Å²) < 4.78 is 27.9. The van der Waals surface area contributed by atoms with E-state index < -0.39 is 15.9 Å². The molecule has 6 nitrogen and oxygen atoms in total. The Kier molecular flexibility index (Phi) is 8.01. The van der Waals surface area contributed by atoms with Gasteiger partial charge in [-0.1, -0.05) is 54.6 Å². The highest BCUT2D eigenvalue weighted by atomic mass is 32.2. The standard InChI is InChI=1S/C26H29N3O3S/c1-20-16-21(2)18-24(17-20)29(33(31,32)25-12-8-5-9-13-25)19-26(30)28-27-22(3)14-15-23-10-6-4-7-11-23/h4-13,16-18H,14-15,19H2,1-3H3,(H,28,30)/b27-22-. The van der Waals surface area contributed by atoms with Crippen LogP contribution in [0.15, 0.2) is 88.9 Å². The molecule has 33 heavy (non-hydrogen) atoms. The van der Waals surface area contributed by atoms with Crippen molar-refractivity contribution < 1.29 is 13.2 Å². The molecule has 0 spiro atoms. The minimum Gasteiger partial charge on any atom is -0.271 e. The Morgan fingerprint density at radius 2 is 1.48 bits per heavy atom. The number of carbonyl (C=O) groups excluding carboxylic acids is 1. The first kappa shape index (κ1) is 24.2. The smallest absolute Gasteiger partial charge is 0.264 e. The van der Waals surface area contributed by atoms with Gasteiger partial charge in [-0.25, -0.2) is 13.8 Å². The first-order valence-corrected chi connectivity index (χ1v) is 12.2. The lowest BCUT2D eigenvalue weighted by Crippen LogP contribution is -2.39. The lowest BCUT2D eigenvalue weighted by atomic mass is 10.1. The van der Waals surface area contributed by atoms with E-state index in [0.717, 1.165) is 27.6 Å². The van der Waals surface area contributed by atoms with Gasteiger partial charge in [0, 0.05) is 5.71 Å². The van der Waals surface area contributed by atoms with Crippen LogP contribution >= 0.6 is 0 Å². The SMILES string of the molecule is C/C(CCc1ccccc1)=N/NC(=O)CN(c1cc(C)cc(C)c1)S(=O)(=O)c1ccccc1. The third-order valence-electron chi connectivity index (χ3n) is 5.10. The van der Waals surface area contributed by atoms with E-state index in [4.69, 9.17) is 0 Å². The molecular formula is C26H29N3O3S. The van der Waals surface area contributed by atoms with Gasteiger partial charge in [-0.05, 0) is 74.6 Å². The van der Waals surface area contributed by atoms with Crippen molar-refractivity contribution >= 4 is 27.3 Å². The van der Waals surface area contributed by atoms with Gasteiger partial charge < -0.3 is 0 Å². The Bertz CT molecular complexity index is 1200. The van der Waals surface area contributed by atoms with Gasteiger partial charge in [0.05, 0.1) is 10.6 Å². The summed E-state index contributed by atoms with van der Waals surface area (Å²) >= 11 is 0. The summed E-state index contributed by atoms with van der Waals surface area (Å²) in [7, 11) is -3.94. The number of rotatable bonds is 9. The van der Waals surface area contributed by atoms with Crippen molar-refractivity contribution in [2.24, 2.45) is 5.10 Å². The summed E-state index contributed by atoms with van der Waals surface area (Å²) in [5.41, 5.74) is 6.73. The fourth-order valence-corrected chi connectivity index (χ4v) is 4.90. The Morgan fingerprint density at radius 1 is 0.909 bits per heavy atom. The molecular weight excluding hydrogens is 434 g/mol. The molecule has 0 atom stereocenters. The van der Waals surface area contributed by atoms with Crippen LogP contribution in [-0.4, -0.2) is 26.6 Å². The topological polar surface area (TPSA) is 78.8 Å². The average molecular weight is 464 g/mol. The van der Waals surface area contributed by atoms with E-state index in [1.165, 1.54) is 17.7 Å². The van der Waals surface area contributed by atoms with Crippen molar-refractivity contribution in [3.8, 4) is 0 Å². The van der Waals surface area contributed by atoms with Gasteiger partial charge in [-0.2, -0.15) is 5.10 Å². The van der Waals surface area contributed by atoms with Crippen molar-refractivity contribution in [2.75, 3.05) is 10.8 Å². The maximum atomic E-state index is 13.4. The lowest BCUT2D eigenvalue weighted by Gasteiger charge is -2.24. The molecule has 3 aromatic carbocycles. The molecule has 1 amide bonds. The summed E-state index contributed by atoms with van der Waals surface area (Å²) in [5.74, 6) is -0.507. The second kappa shape index (κ2) is 10.9. The first-order chi connectivity index (χ1) is 15.8. The molecule has 1 N–H and O–H groups in total. The number of anilines is 1. The summed E-state index contributed by atoms with van der Waals surface area (Å²) in [6, 6.07) is 23.6. The van der Waals surface area contributed by atoms with Crippen LogP contribution in [-0.2, 0) is 21.2 Å². The molecule has 172 valence electrons. The molecule has 0 saturated heterocycles. The lowest BCUT2D eigenvalue weighted by molar-refractivity contribution is -0.119. The summed E-state index contributed by atoms with van der Waals surface area (Å²) in [6.07, 6.45) is 1.50. The highest BCUT2D eigenvalue weighted by Gasteiger charge is 2.27. The monoisotopic (exact) mass is 463 g/mol. The van der Waals surface area contributed by atoms with Crippen LogP contribution in [0.3, 0.4) is 0 Å². The molecule has 0 heterocycles. The van der Waals surface area contributed by atoms with Gasteiger partial charge in [0.15, 0.2) is 0 Å². The second-order valence-electron chi connectivity index (χ2n) is 8.04. The average Bonchev–Trinajstić information content (AvgIpc) is 2.80. The van der Waals surface area contributed by atoms with Crippen LogP contribution in [0, 0.1) is 13.8 Å². The molecule has 0 unspecified atom stereocenters. The minimum absolute atomic E-state index is 0.125. The molecule has 0 saturated carbocycles. The van der Waals surface area contributed by atoms with Crippen molar-refractivity contribution in [1.82, 2.24) is 5.43 Å². The van der Waals surface area contributed by atoms with Gasteiger partial charge in [-0.15, -0.1) is 0 Å². The van der Waals surface area contributed by atoms with Crippen molar-refractivity contribution in [2.45, 2.75) is 38.5 Å². The Morgan fingerprint density at radius 3 is 2.09 bits per heavy atom. The fraction of sp³-hybridized carbons (Fsp3) is 0.231. The van der Waals surface area contributed by atoms with Crippen LogP contribution in [0.25, 0.3) is 0 Å². The summed E-state index contributed by atoms with van der Waals surface area (Å²) in [4.78, 5) is 12.9. The minimum atomic E-state index is -3.94. The van der Waals surface area contributed by atoms with Crippen molar-refractivity contribution in [1.29, 1.82) is 0 Å². The zero-order chi connectivity index (χ0) is 23.8. The zero-order valence-electron chi connectivity index (χ0n) is 19.2. The van der Waals surface area contributed by atoms with Crippen LogP contribution < -0.4 is 9.73 Å². The number of hydrazone groups is 1. The van der Waals surface area contributed by atoms with Crippen molar-refractivity contribution in [3.05, 3.63) is 95.6 Å². The van der Waals surface area contributed by atoms with E-state index in [2.05, 4.69) is 10.5 Å². The number of hydrogen-bond donors (Lipinski definition) is 1. The van der Waals surface area contributed by atoms with Crippen LogP contribution in [0.1, 0.15) is 30.0 Å². The molecule has 0 aliphatic heterocycles. The Hall–Kier alpha value is -3.45. The molecule has 7 heteroatoms. The number of benzene rings is 3. The van der Waals surface area contributed by atoms with Gasteiger partial charge in [-0.3, -0.25) is 9.10 Å². The predicted octanol–water partition coefficient (Wildman–Crippen LogP) is 4.62. The normalized spacial score (nSPS) is 11.8. The Labute approximate surface area is 196 Å². The first-order valence-electron chi connectivity index (χ1n) is 10.8. The van der Waals surface area contributed by atoms with Crippen LogP contribution in [0.4, 0.5) is 5.69 Å². The van der Waals surface area contributed by atoms with Gasteiger partial charge in [0.2, 0.25) is 0 Å². The number of amides is 1. The number of nitrogens with one attached hydrogen (secondary N) is 1. The zero-order valence-corrected chi connectivity index (χ0v) is 20.0. The number of carbonyl (C=O) groups is 1. The second-order valence-corrected chi connectivity index (χ2v) is 9.90. The molecule has 0 bridgehead atoms. The number of sulfonamides is 1. The number of nitrogens with zero attached hydrogens (tertiary/aromatic N) is 2. The summed E-state index contributed by atoms with van der Waals surface area (Å²) in [6.45, 7) is 5.25. The van der Waals surface area contributed by atoms with E-state index in [0.29, 0.717) is 12.1 Å². The highest BCUT2D eigenvalue weighted by molar-refractivity contribution is 7.92. The quantitative estimate of drug-likeness (QED) is 0.371. The van der Waals surface area contributed by atoms with Gasteiger partial charge in [0.25, 0.3) is 15.9 Å². The summed E-state index contributed by atoms with van der Waals surface area (Å²) in [5, 5.41) is 4.17. The molecule has 0 radical (unpaired) electrons. The third kappa shape index (κ3) is 6.76. The maximum absolute atomic E-state index is 13.4. The van der Waals surface area contributed by atoms with E-state index in [1.807, 2.05) is 57.2 Å². The van der Waals surface area contributed by atoms with Gasteiger partial charge >= 0.3 is 0 Å². The van der Waals surface area contributed by atoms with E-state index >= 15 is 0 Å². The van der Waals surface area contributed by atoms with E-state index in [9.17, 15) is 13.2 Å². The van der Waals surface area contributed by atoms with E-state index in [1.54, 1.807) is 30.3 Å². The number of aryl methyl sites for hydroxylation is 3. The number of hydrogen-bond acceptors (Lipinski definition) is 4. The largest absolute Gasteiger partial charge is 0.271 e. The van der Waals surface area contributed by atoms with E-state index in [-0.39, 0.29) is 11.4 Å².